The fourth-order valence-electron chi connectivity index (χ4n) is 4.96. The third kappa shape index (κ3) is 6.24. The second kappa shape index (κ2) is 11.3. The Balaban J connectivity index is 1.34. The molecule has 1 aliphatic carbocycles. The number of aliphatic hydroxyl groups excluding tert-OH is 1. The van der Waals surface area contributed by atoms with Crippen molar-refractivity contribution >= 4 is 5.88 Å². The van der Waals surface area contributed by atoms with Crippen molar-refractivity contribution in [2.45, 2.75) is 51.7 Å². The standard InChI is InChI=1S/C29H37N3O3/c1-22-10-6-7-13-27(22)34-21-25(33)19-31(18-23-14-15-23)20-26-28(24-11-4-2-5-12-24)30-35-29(26)32-16-8-3-9-17-32/h2,4-7,10-13,23,25,33H,3,8-9,14-21H2,1H3/t25-/m1/s1. The molecule has 5 rings (SSSR count). The van der Waals surface area contributed by atoms with E-state index >= 15 is 0 Å². The lowest BCUT2D eigenvalue weighted by molar-refractivity contribution is 0.0637. The van der Waals surface area contributed by atoms with Gasteiger partial charge in [-0.05, 0) is 56.6 Å². The number of hydrogen-bond acceptors (Lipinski definition) is 6. The van der Waals surface area contributed by atoms with Crippen LogP contribution in [0.1, 0.15) is 43.2 Å². The molecule has 1 aromatic heterocycles. The third-order valence-corrected chi connectivity index (χ3v) is 7.05. The normalized spacial score (nSPS) is 17.1. The minimum atomic E-state index is -0.577. The highest BCUT2D eigenvalue weighted by atomic mass is 16.5. The van der Waals surface area contributed by atoms with Gasteiger partial charge in [-0.2, -0.15) is 0 Å². The van der Waals surface area contributed by atoms with Gasteiger partial charge in [0.2, 0.25) is 5.88 Å². The first-order valence-corrected chi connectivity index (χ1v) is 13.0. The number of nitrogens with zero attached hydrogens (tertiary/aromatic N) is 3. The molecule has 1 saturated carbocycles. The van der Waals surface area contributed by atoms with E-state index in [0.717, 1.165) is 53.7 Å². The first-order chi connectivity index (χ1) is 17.2. The van der Waals surface area contributed by atoms with E-state index in [0.29, 0.717) is 19.0 Å². The van der Waals surface area contributed by atoms with Crippen LogP contribution >= 0.6 is 0 Å². The van der Waals surface area contributed by atoms with Crippen molar-refractivity contribution in [3.05, 3.63) is 65.7 Å². The van der Waals surface area contributed by atoms with Crippen LogP contribution < -0.4 is 9.64 Å². The lowest BCUT2D eigenvalue weighted by Gasteiger charge is -2.29. The Bertz CT molecular complexity index is 1070. The number of aromatic nitrogens is 1. The van der Waals surface area contributed by atoms with E-state index in [1.165, 1.54) is 32.1 Å². The number of aryl methyl sites for hydroxylation is 1. The van der Waals surface area contributed by atoms with Gasteiger partial charge in [0.1, 0.15) is 24.2 Å². The van der Waals surface area contributed by atoms with Gasteiger partial charge >= 0.3 is 0 Å². The number of ether oxygens (including phenoxy) is 1. The van der Waals surface area contributed by atoms with Gasteiger partial charge in [0.25, 0.3) is 0 Å². The highest BCUT2D eigenvalue weighted by Crippen LogP contribution is 2.36. The number of rotatable bonds is 11. The molecule has 2 aromatic carbocycles. The number of para-hydroxylation sites is 1. The van der Waals surface area contributed by atoms with Crippen LogP contribution in [0.3, 0.4) is 0 Å². The molecule has 35 heavy (non-hydrogen) atoms. The molecule has 2 heterocycles. The highest BCUT2D eigenvalue weighted by molar-refractivity contribution is 5.68. The molecule has 1 saturated heterocycles. The summed E-state index contributed by atoms with van der Waals surface area (Å²) in [5, 5.41) is 15.5. The molecule has 3 aromatic rings. The summed E-state index contributed by atoms with van der Waals surface area (Å²) in [5.41, 5.74) is 4.20. The predicted molar refractivity (Wildman–Crippen MR) is 139 cm³/mol. The highest BCUT2D eigenvalue weighted by Gasteiger charge is 2.30. The summed E-state index contributed by atoms with van der Waals surface area (Å²) in [6.07, 6.45) is 5.59. The molecular formula is C29H37N3O3. The van der Waals surface area contributed by atoms with E-state index in [-0.39, 0.29) is 6.61 Å². The molecule has 2 aliphatic rings. The Hall–Kier alpha value is -2.83. The van der Waals surface area contributed by atoms with Crippen LogP contribution in [0.5, 0.6) is 5.75 Å². The Morgan fingerprint density at radius 1 is 1.06 bits per heavy atom. The number of benzene rings is 2. The maximum absolute atomic E-state index is 10.9. The van der Waals surface area contributed by atoms with Crippen LogP contribution in [0.15, 0.2) is 59.1 Å². The van der Waals surface area contributed by atoms with E-state index < -0.39 is 6.10 Å². The van der Waals surface area contributed by atoms with Gasteiger partial charge in [-0.25, -0.2) is 0 Å². The van der Waals surface area contributed by atoms with E-state index in [4.69, 9.17) is 9.26 Å². The molecule has 186 valence electrons. The number of aliphatic hydroxyl groups is 1. The van der Waals surface area contributed by atoms with Crippen LogP contribution in [0, 0.1) is 12.8 Å². The first kappa shape index (κ1) is 23.9. The molecule has 0 radical (unpaired) electrons. The lowest BCUT2D eigenvalue weighted by atomic mass is 10.1. The van der Waals surface area contributed by atoms with E-state index in [9.17, 15) is 5.11 Å². The van der Waals surface area contributed by atoms with Crippen LogP contribution in [0.25, 0.3) is 11.3 Å². The summed E-state index contributed by atoms with van der Waals surface area (Å²) in [5.74, 6) is 2.44. The average Bonchev–Trinajstić information content (AvgIpc) is 3.61. The van der Waals surface area contributed by atoms with Crippen molar-refractivity contribution in [1.82, 2.24) is 10.1 Å². The van der Waals surface area contributed by atoms with Gasteiger partial charge in [0.15, 0.2) is 0 Å². The summed E-state index contributed by atoms with van der Waals surface area (Å²) < 4.78 is 11.9. The van der Waals surface area contributed by atoms with Gasteiger partial charge in [-0.3, -0.25) is 4.90 Å². The Kier molecular flexibility index (Phi) is 7.69. The Labute approximate surface area is 208 Å². The van der Waals surface area contributed by atoms with Gasteiger partial charge in [0, 0.05) is 38.3 Å². The Morgan fingerprint density at radius 3 is 2.54 bits per heavy atom. The largest absolute Gasteiger partial charge is 0.491 e. The second-order valence-corrected chi connectivity index (χ2v) is 10.1. The quantitative estimate of drug-likeness (QED) is 0.406. The predicted octanol–water partition coefficient (Wildman–Crippen LogP) is 5.29. The molecule has 1 aliphatic heterocycles. The average molecular weight is 476 g/mol. The molecule has 0 amide bonds. The van der Waals surface area contributed by atoms with Crippen LogP contribution in [0.2, 0.25) is 0 Å². The van der Waals surface area contributed by atoms with Crippen LogP contribution in [-0.2, 0) is 6.54 Å². The molecule has 6 heteroatoms. The maximum atomic E-state index is 10.9. The van der Waals surface area contributed by atoms with Gasteiger partial charge in [0.05, 0.1) is 5.56 Å². The topological polar surface area (TPSA) is 62.0 Å². The summed E-state index contributed by atoms with van der Waals surface area (Å²) in [4.78, 5) is 4.72. The zero-order chi connectivity index (χ0) is 24.0. The number of hydrogen-bond donors (Lipinski definition) is 1. The minimum absolute atomic E-state index is 0.278. The van der Waals surface area contributed by atoms with E-state index in [1.807, 2.05) is 49.4 Å². The van der Waals surface area contributed by atoms with Crippen LogP contribution in [-0.4, -0.2) is 54.1 Å². The molecule has 6 nitrogen and oxygen atoms in total. The Morgan fingerprint density at radius 2 is 1.80 bits per heavy atom. The first-order valence-electron chi connectivity index (χ1n) is 13.0. The lowest BCUT2D eigenvalue weighted by Crippen LogP contribution is -2.37. The second-order valence-electron chi connectivity index (χ2n) is 10.1. The molecule has 1 atom stereocenters. The van der Waals surface area contributed by atoms with Crippen molar-refractivity contribution in [3.8, 4) is 17.0 Å². The summed E-state index contributed by atoms with van der Waals surface area (Å²) >= 11 is 0. The van der Waals surface area contributed by atoms with Crippen molar-refractivity contribution in [3.63, 3.8) is 0 Å². The molecule has 1 N–H and O–H groups in total. The van der Waals surface area contributed by atoms with Gasteiger partial charge in [-0.1, -0.05) is 53.7 Å². The van der Waals surface area contributed by atoms with Crippen LogP contribution in [0.4, 0.5) is 5.88 Å². The SMILES string of the molecule is Cc1ccccc1OC[C@H](O)CN(Cc1c(-c2ccccc2)noc1N1CCCCC1)CC1CC1. The fourth-order valence-corrected chi connectivity index (χ4v) is 4.96. The third-order valence-electron chi connectivity index (χ3n) is 7.05. The van der Waals surface area contributed by atoms with Gasteiger partial charge < -0.3 is 19.3 Å². The minimum Gasteiger partial charge on any atom is -0.491 e. The van der Waals surface area contributed by atoms with Gasteiger partial charge in [-0.15, -0.1) is 0 Å². The smallest absolute Gasteiger partial charge is 0.232 e. The van der Waals surface area contributed by atoms with Crippen molar-refractivity contribution in [1.29, 1.82) is 0 Å². The molecule has 0 bridgehead atoms. The number of anilines is 1. The fraction of sp³-hybridized carbons (Fsp3) is 0.483. The van der Waals surface area contributed by atoms with E-state index in [1.54, 1.807) is 0 Å². The molecule has 0 spiro atoms. The zero-order valence-electron chi connectivity index (χ0n) is 20.7. The summed E-state index contributed by atoms with van der Waals surface area (Å²) in [7, 11) is 0. The number of piperidine rings is 1. The van der Waals surface area contributed by atoms with Crippen molar-refractivity contribution in [2.75, 3.05) is 37.7 Å². The van der Waals surface area contributed by atoms with Crippen molar-refractivity contribution < 1.29 is 14.4 Å². The molecular weight excluding hydrogens is 438 g/mol. The summed E-state index contributed by atoms with van der Waals surface area (Å²) in [6.45, 7) is 6.55. The molecule has 0 unspecified atom stereocenters. The summed E-state index contributed by atoms with van der Waals surface area (Å²) in [6, 6.07) is 18.3. The molecule has 2 fully saturated rings. The zero-order valence-corrected chi connectivity index (χ0v) is 20.7. The maximum Gasteiger partial charge on any atom is 0.232 e. The van der Waals surface area contributed by atoms with E-state index in [2.05, 4.69) is 27.1 Å². The van der Waals surface area contributed by atoms with Crippen molar-refractivity contribution in [2.24, 2.45) is 5.92 Å². The monoisotopic (exact) mass is 475 g/mol.